The topological polar surface area (TPSA) is 66.8 Å². The van der Waals surface area contributed by atoms with E-state index in [2.05, 4.69) is 6.92 Å². The van der Waals surface area contributed by atoms with Crippen molar-refractivity contribution >= 4 is 7.60 Å². The third-order valence-corrected chi connectivity index (χ3v) is 8.32. The molecular weight excluding hydrogens is 450 g/mol. The molecule has 6 heteroatoms. The zero-order valence-electron chi connectivity index (χ0n) is 21.6. The molecule has 0 radical (unpaired) electrons. The SMILES string of the molecule is CCCC1CCC(c2ccc(OCCCCCCCCCCCP(=O)(O)O)c(CC)c2F)CC1. The Morgan fingerprint density at radius 3 is 2.06 bits per heavy atom. The third kappa shape index (κ3) is 10.8. The number of halogens is 1. The lowest BCUT2D eigenvalue weighted by atomic mass is 9.77. The van der Waals surface area contributed by atoms with Gasteiger partial charge in [0.2, 0.25) is 0 Å². The molecule has 1 saturated carbocycles. The molecule has 4 nitrogen and oxygen atoms in total. The average Bonchev–Trinajstić information content (AvgIpc) is 2.80. The van der Waals surface area contributed by atoms with Crippen molar-refractivity contribution in [3.63, 3.8) is 0 Å². The molecule has 1 fully saturated rings. The maximum Gasteiger partial charge on any atom is 0.325 e. The fourth-order valence-corrected chi connectivity index (χ4v) is 6.05. The summed E-state index contributed by atoms with van der Waals surface area (Å²) < 4.78 is 32.1. The van der Waals surface area contributed by atoms with Gasteiger partial charge < -0.3 is 14.5 Å². The number of ether oxygens (including phenoxy) is 1. The molecule has 34 heavy (non-hydrogen) atoms. The molecule has 1 aromatic carbocycles. The van der Waals surface area contributed by atoms with Crippen LogP contribution in [0.3, 0.4) is 0 Å². The summed E-state index contributed by atoms with van der Waals surface area (Å²) in [6.45, 7) is 4.90. The van der Waals surface area contributed by atoms with E-state index in [1.807, 2.05) is 19.1 Å². The molecular formula is C28H48FO4P. The zero-order chi connectivity index (χ0) is 24.8. The molecule has 0 saturated heterocycles. The van der Waals surface area contributed by atoms with Crippen molar-refractivity contribution in [1.29, 1.82) is 0 Å². The van der Waals surface area contributed by atoms with Crippen LogP contribution in [-0.4, -0.2) is 22.6 Å². The van der Waals surface area contributed by atoms with E-state index >= 15 is 4.39 Å². The molecule has 0 heterocycles. The minimum absolute atomic E-state index is 0.0133. The minimum atomic E-state index is -3.82. The molecule has 1 aliphatic carbocycles. The number of hydrogen-bond acceptors (Lipinski definition) is 2. The molecule has 1 aliphatic rings. The Kier molecular flexibility index (Phi) is 13.8. The van der Waals surface area contributed by atoms with Gasteiger partial charge in [0, 0.05) is 11.7 Å². The number of benzene rings is 1. The van der Waals surface area contributed by atoms with E-state index in [0.29, 0.717) is 25.4 Å². The maximum absolute atomic E-state index is 15.3. The first-order valence-corrected chi connectivity index (χ1v) is 15.6. The predicted octanol–water partition coefficient (Wildman–Crippen LogP) is 8.53. The Bertz CT molecular complexity index is 740. The van der Waals surface area contributed by atoms with Crippen LogP contribution < -0.4 is 4.74 Å². The quantitative estimate of drug-likeness (QED) is 0.167. The van der Waals surface area contributed by atoms with E-state index in [-0.39, 0.29) is 12.0 Å². The van der Waals surface area contributed by atoms with E-state index in [9.17, 15) is 4.57 Å². The van der Waals surface area contributed by atoms with Crippen LogP contribution in [0.1, 0.15) is 127 Å². The first kappa shape index (κ1) is 29.3. The van der Waals surface area contributed by atoms with Gasteiger partial charge in [-0.05, 0) is 68.4 Å². The van der Waals surface area contributed by atoms with E-state index in [1.54, 1.807) is 0 Å². The van der Waals surface area contributed by atoms with Crippen LogP contribution in [0.15, 0.2) is 12.1 Å². The molecule has 2 rings (SSSR count). The Morgan fingerprint density at radius 1 is 0.912 bits per heavy atom. The maximum atomic E-state index is 15.3. The zero-order valence-corrected chi connectivity index (χ0v) is 22.5. The summed E-state index contributed by atoms with van der Waals surface area (Å²) in [5, 5.41) is 0. The molecule has 0 aromatic heterocycles. The molecule has 2 N–H and O–H groups in total. The van der Waals surface area contributed by atoms with Crippen LogP contribution >= 0.6 is 7.60 Å². The first-order valence-electron chi connectivity index (χ1n) is 13.8. The van der Waals surface area contributed by atoms with Crippen molar-refractivity contribution in [3.8, 4) is 5.75 Å². The summed E-state index contributed by atoms with van der Waals surface area (Å²) in [5.74, 6) is 1.88. The van der Waals surface area contributed by atoms with Gasteiger partial charge in [0.1, 0.15) is 11.6 Å². The summed E-state index contributed by atoms with van der Waals surface area (Å²) in [4.78, 5) is 17.7. The summed E-state index contributed by atoms with van der Waals surface area (Å²) in [5.41, 5.74) is 1.65. The fraction of sp³-hybridized carbons (Fsp3) is 0.786. The normalized spacial score (nSPS) is 18.9. The summed E-state index contributed by atoms with van der Waals surface area (Å²) in [6.07, 6.45) is 17.2. The van der Waals surface area contributed by atoms with Crippen molar-refractivity contribution in [1.82, 2.24) is 0 Å². The van der Waals surface area contributed by atoms with Gasteiger partial charge in [-0.15, -0.1) is 0 Å². The highest BCUT2D eigenvalue weighted by Gasteiger charge is 2.25. The molecule has 196 valence electrons. The summed E-state index contributed by atoms with van der Waals surface area (Å²) >= 11 is 0. The smallest absolute Gasteiger partial charge is 0.325 e. The largest absolute Gasteiger partial charge is 0.493 e. The molecule has 0 spiro atoms. The highest BCUT2D eigenvalue weighted by atomic mass is 31.2. The van der Waals surface area contributed by atoms with Crippen LogP contribution in [0.2, 0.25) is 0 Å². The van der Waals surface area contributed by atoms with Gasteiger partial charge in [-0.3, -0.25) is 4.57 Å². The molecule has 0 atom stereocenters. The Morgan fingerprint density at radius 2 is 1.50 bits per heavy atom. The lowest BCUT2D eigenvalue weighted by Crippen LogP contribution is -2.15. The molecule has 0 amide bonds. The molecule has 0 aliphatic heterocycles. The molecule has 1 aromatic rings. The van der Waals surface area contributed by atoms with Gasteiger partial charge in [-0.1, -0.05) is 77.7 Å². The summed E-state index contributed by atoms with van der Waals surface area (Å²) in [7, 11) is -3.82. The fourth-order valence-electron chi connectivity index (χ4n) is 5.41. The van der Waals surface area contributed by atoms with E-state index < -0.39 is 7.60 Å². The van der Waals surface area contributed by atoms with E-state index in [1.165, 1.54) is 44.9 Å². The van der Waals surface area contributed by atoms with Crippen molar-refractivity contribution in [2.45, 2.75) is 122 Å². The van der Waals surface area contributed by atoms with Crippen LogP contribution in [0, 0.1) is 11.7 Å². The average molecular weight is 499 g/mol. The minimum Gasteiger partial charge on any atom is -0.493 e. The lowest BCUT2D eigenvalue weighted by molar-refractivity contribution is 0.294. The van der Waals surface area contributed by atoms with E-state index in [0.717, 1.165) is 67.7 Å². The number of hydrogen-bond donors (Lipinski definition) is 2. The Balaban J connectivity index is 1.63. The monoisotopic (exact) mass is 498 g/mol. The van der Waals surface area contributed by atoms with Gasteiger partial charge >= 0.3 is 7.60 Å². The highest BCUT2D eigenvalue weighted by Crippen LogP contribution is 2.40. The van der Waals surface area contributed by atoms with E-state index in [4.69, 9.17) is 14.5 Å². The first-order chi connectivity index (χ1) is 16.4. The van der Waals surface area contributed by atoms with Crippen LogP contribution in [-0.2, 0) is 11.0 Å². The second-order valence-electron chi connectivity index (χ2n) is 10.2. The molecule has 0 bridgehead atoms. The summed E-state index contributed by atoms with van der Waals surface area (Å²) in [6, 6.07) is 3.98. The van der Waals surface area contributed by atoms with Gasteiger partial charge in [-0.2, -0.15) is 0 Å². The lowest BCUT2D eigenvalue weighted by Gasteiger charge is -2.29. The second-order valence-corrected chi connectivity index (χ2v) is 12.0. The van der Waals surface area contributed by atoms with Gasteiger partial charge in [-0.25, -0.2) is 4.39 Å². The third-order valence-electron chi connectivity index (χ3n) is 7.42. The van der Waals surface area contributed by atoms with Crippen molar-refractivity contribution in [2.75, 3.05) is 12.8 Å². The predicted molar refractivity (Wildman–Crippen MR) is 139 cm³/mol. The van der Waals surface area contributed by atoms with Gasteiger partial charge in [0.25, 0.3) is 0 Å². The van der Waals surface area contributed by atoms with Gasteiger partial charge in [0.05, 0.1) is 6.61 Å². The molecule has 0 unspecified atom stereocenters. The van der Waals surface area contributed by atoms with Crippen LogP contribution in [0.25, 0.3) is 0 Å². The number of rotatable bonds is 17. The van der Waals surface area contributed by atoms with Crippen LogP contribution in [0.5, 0.6) is 5.75 Å². The Hall–Kier alpha value is -0.900. The van der Waals surface area contributed by atoms with Crippen molar-refractivity contribution in [2.24, 2.45) is 5.92 Å². The van der Waals surface area contributed by atoms with Crippen molar-refractivity contribution in [3.05, 3.63) is 29.1 Å². The van der Waals surface area contributed by atoms with Crippen LogP contribution in [0.4, 0.5) is 4.39 Å². The highest BCUT2D eigenvalue weighted by molar-refractivity contribution is 7.51. The van der Waals surface area contributed by atoms with Crippen molar-refractivity contribution < 1.29 is 23.5 Å². The Labute approximate surface area is 207 Å². The standard InChI is InChI=1S/C28H48FO4P/c1-3-14-23-15-17-24(18-16-23)26-19-20-27(25(4-2)28(26)29)33-21-12-10-8-6-5-7-9-11-13-22-34(30,31)32/h19-20,23-24H,3-18,21-22H2,1-2H3,(H2,30,31,32). The number of unbranched alkanes of at least 4 members (excludes halogenated alkanes) is 8. The second kappa shape index (κ2) is 16.0. The van der Waals surface area contributed by atoms with Gasteiger partial charge in [0.15, 0.2) is 0 Å².